The van der Waals surface area contributed by atoms with Crippen LogP contribution in [0.4, 0.5) is 0 Å². The van der Waals surface area contributed by atoms with Gasteiger partial charge in [-0.1, -0.05) is 6.07 Å². The number of benzene rings is 1. The van der Waals surface area contributed by atoms with Crippen molar-refractivity contribution in [2.45, 2.75) is 38.3 Å². The zero-order valence-corrected chi connectivity index (χ0v) is 12.6. The van der Waals surface area contributed by atoms with Crippen molar-refractivity contribution in [3.63, 3.8) is 0 Å². The van der Waals surface area contributed by atoms with Crippen molar-refractivity contribution in [3.05, 3.63) is 23.8 Å². The molecule has 114 valence electrons. The van der Waals surface area contributed by atoms with Crippen LogP contribution in [-0.4, -0.2) is 31.2 Å². The normalized spacial score (nSPS) is 25.4. The van der Waals surface area contributed by atoms with E-state index < -0.39 is 5.54 Å². The van der Waals surface area contributed by atoms with Gasteiger partial charge in [0, 0.05) is 0 Å². The first-order valence-corrected chi connectivity index (χ1v) is 7.54. The summed E-state index contributed by atoms with van der Waals surface area (Å²) in [5, 5.41) is 6.37. The lowest BCUT2D eigenvalue weighted by Gasteiger charge is -2.26. The third-order valence-electron chi connectivity index (χ3n) is 4.28. The Hall–Kier alpha value is -1.75. The van der Waals surface area contributed by atoms with Crippen LogP contribution in [-0.2, 0) is 4.79 Å². The predicted octanol–water partition coefficient (Wildman–Crippen LogP) is 1.78. The Morgan fingerprint density at radius 1 is 1.33 bits per heavy atom. The highest BCUT2D eigenvalue weighted by Gasteiger charge is 2.36. The van der Waals surface area contributed by atoms with Crippen LogP contribution in [0.1, 0.15) is 38.3 Å². The predicted molar refractivity (Wildman–Crippen MR) is 79.6 cm³/mol. The van der Waals surface area contributed by atoms with E-state index in [2.05, 4.69) is 10.6 Å². The Kier molecular flexibility index (Phi) is 3.76. The molecule has 0 saturated carbocycles. The number of rotatable bonds is 3. The van der Waals surface area contributed by atoms with Crippen molar-refractivity contribution in [2.24, 2.45) is 0 Å². The number of ether oxygens (including phenoxy) is 2. The molecular formula is C16H22N2O3. The summed E-state index contributed by atoms with van der Waals surface area (Å²) in [5.41, 5.74) is 0.580. The summed E-state index contributed by atoms with van der Waals surface area (Å²) in [5.74, 6) is 1.58. The van der Waals surface area contributed by atoms with E-state index >= 15 is 0 Å². The molecule has 0 aromatic heterocycles. The van der Waals surface area contributed by atoms with Gasteiger partial charge >= 0.3 is 0 Å². The van der Waals surface area contributed by atoms with Crippen LogP contribution in [0, 0.1) is 0 Å². The number of nitrogens with one attached hydrogen (secondary N) is 2. The molecule has 2 N–H and O–H groups in total. The lowest BCUT2D eigenvalue weighted by atomic mass is 9.98. The molecule has 2 unspecified atom stereocenters. The van der Waals surface area contributed by atoms with Gasteiger partial charge in [-0.3, -0.25) is 4.79 Å². The zero-order chi connectivity index (χ0) is 14.9. The molecule has 0 radical (unpaired) electrons. The third-order valence-corrected chi connectivity index (χ3v) is 4.28. The summed E-state index contributed by atoms with van der Waals surface area (Å²) in [6.07, 6.45) is 1.93. The Bertz CT molecular complexity index is 538. The summed E-state index contributed by atoms with van der Waals surface area (Å²) < 4.78 is 11.1. The maximum absolute atomic E-state index is 12.4. The van der Waals surface area contributed by atoms with Crippen LogP contribution in [0.5, 0.6) is 11.5 Å². The molecule has 1 fully saturated rings. The lowest BCUT2D eigenvalue weighted by Crippen LogP contribution is -2.51. The Morgan fingerprint density at radius 3 is 2.81 bits per heavy atom. The maximum Gasteiger partial charge on any atom is 0.240 e. The monoisotopic (exact) mass is 290 g/mol. The molecule has 0 aliphatic carbocycles. The van der Waals surface area contributed by atoms with E-state index in [4.69, 9.17) is 9.47 Å². The van der Waals surface area contributed by atoms with Crippen LogP contribution >= 0.6 is 0 Å². The smallest absolute Gasteiger partial charge is 0.240 e. The van der Waals surface area contributed by atoms with Crippen molar-refractivity contribution < 1.29 is 14.3 Å². The SMILES string of the molecule is CC(NC(=O)C1(C)CCCN1)c1ccc2c(c1)OCCO2. The van der Waals surface area contributed by atoms with Gasteiger partial charge in [0.2, 0.25) is 5.91 Å². The molecule has 3 rings (SSSR count). The number of fused-ring (bicyclic) bond motifs is 1. The number of hydrogen-bond acceptors (Lipinski definition) is 4. The summed E-state index contributed by atoms with van der Waals surface area (Å²) in [6.45, 7) is 6.01. The standard InChI is InChI=1S/C16H22N2O3/c1-11(18-15(19)16(2)6-3-7-17-16)12-4-5-13-14(10-12)21-9-8-20-13/h4-5,10-11,17H,3,6-9H2,1-2H3,(H,18,19). The topological polar surface area (TPSA) is 59.6 Å². The molecule has 5 heteroatoms. The van der Waals surface area contributed by atoms with Gasteiger partial charge in [0.25, 0.3) is 0 Å². The van der Waals surface area contributed by atoms with Gasteiger partial charge < -0.3 is 20.1 Å². The summed E-state index contributed by atoms with van der Waals surface area (Å²) >= 11 is 0. The summed E-state index contributed by atoms with van der Waals surface area (Å²) in [6, 6.07) is 5.77. The Morgan fingerprint density at radius 2 is 2.10 bits per heavy atom. The van der Waals surface area contributed by atoms with E-state index in [1.54, 1.807) is 0 Å². The molecule has 1 amide bonds. The van der Waals surface area contributed by atoms with E-state index in [0.29, 0.717) is 13.2 Å². The minimum Gasteiger partial charge on any atom is -0.486 e. The number of hydrogen-bond donors (Lipinski definition) is 2. The quantitative estimate of drug-likeness (QED) is 0.891. The third kappa shape index (κ3) is 2.83. The van der Waals surface area contributed by atoms with Crippen LogP contribution in [0.25, 0.3) is 0 Å². The first kappa shape index (κ1) is 14.2. The first-order valence-electron chi connectivity index (χ1n) is 7.54. The first-order chi connectivity index (χ1) is 10.1. The van der Waals surface area contributed by atoms with Crippen molar-refractivity contribution in [2.75, 3.05) is 19.8 Å². The minimum absolute atomic E-state index is 0.0578. The highest BCUT2D eigenvalue weighted by atomic mass is 16.6. The van der Waals surface area contributed by atoms with Gasteiger partial charge in [-0.2, -0.15) is 0 Å². The van der Waals surface area contributed by atoms with Crippen LogP contribution < -0.4 is 20.1 Å². The number of carbonyl (C=O) groups is 1. The van der Waals surface area contributed by atoms with Gasteiger partial charge in [-0.05, 0) is 50.9 Å². The Balaban J connectivity index is 1.70. The van der Waals surface area contributed by atoms with Gasteiger partial charge in [0.15, 0.2) is 11.5 Å². The van der Waals surface area contributed by atoms with E-state index in [1.807, 2.05) is 32.0 Å². The molecule has 2 heterocycles. The highest BCUT2D eigenvalue weighted by molar-refractivity contribution is 5.86. The van der Waals surface area contributed by atoms with Crippen LogP contribution in [0.2, 0.25) is 0 Å². The van der Waals surface area contributed by atoms with Gasteiger partial charge in [0.1, 0.15) is 13.2 Å². The molecule has 2 aliphatic rings. The van der Waals surface area contributed by atoms with Crippen molar-refractivity contribution in [1.29, 1.82) is 0 Å². The number of amides is 1. The van der Waals surface area contributed by atoms with Gasteiger partial charge in [-0.25, -0.2) is 0 Å². The molecule has 0 bridgehead atoms. The Labute approximate surface area is 125 Å². The summed E-state index contributed by atoms with van der Waals surface area (Å²) in [7, 11) is 0. The average Bonchev–Trinajstić information content (AvgIpc) is 2.95. The average molecular weight is 290 g/mol. The van der Waals surface area contributed by atoms with E-state index in [1.165, 1.54) is 0 Å². The van der Waals surface area contributed by atoms with Crippen LogP contribution in [0.3, 0.4) is 0 Å². The zero-order valence-electron chi connectivity index (χ0n) is 12.6. The molecule has 5 nitrogen and oxygen atoms in total. The molecule has 1 aromatic carbocycles. The largest absolute Gasteiger partial charge is 0.486 e. The fourth-order valence-electron chi connectivity index (χ4n) is 2.86. The highest BCUT2D eigenvalue weighted by Crippen LogP contribution is 2.32. The fourth-order valence-corrected chi connectivity index (χ4v) is 2.86. The number of carbonyl (C=O) groups excluding carboxylic acids is 1. The molecule has 1 aromatic rings. The van der Waals surface area contributed by atoms with E-state index in [9.17, 15) is 4.79 Å². The second-order valence-electron chi connectivity index (χ2n) is 5.96. The van der Waals surface area contributed by atoms with E-state index in [-0.39, 0.29) is 11.9 Å². The molecule has 1 saturated heterocycles. The fraction of sp³-hybridized carbons (Fsp3) is 0.562. The van der Waals surface area contributed by atoms with Gasteiger partial charge in [0.05, 0.1) is 11.6 Å². The molecular weight excluding hydrogens is 268 g/mol. The lowest BCUT2D eigenvalue weighted by molar-refractivity contribution is -0.127. The second-order valence-corrected chi connectivity index (χ2v) is 5.96. The molecule has 2 atom stereocenters. The molecule has 21 heavy (non-hydrogen) atoms. The second kappa shape index (κ2) is 5.56. The molecule has 0 spiro atoms. The maximum atomic E-state index is 12.4. The van der Waals surface area contributed by atoms with Gasteiger partial charge in [-0.15, -0.1) is 0 Å². The van der Waals surface area contributed by atoms with Crippen molar-refractivity contribution in [3.8, 4) is 11.5 Å². The van der Waals surface area contributed by atoms with Crippen molar-refractivity contribution in [1.82, 2.24) is 10.6 Å². The van der Waals surface area contributed by atoms with Crippen molar-refractivity contribution >= 4 is 5.91 Å². The van der Waals surface area contributed by atoms with E-state index in [0.717, 1.165) is 36.4 Å². The minimum atomic E-state index is -0.442. The van der Waals surface area contributed by atoms with Crippen LogP contribution in [0.15, 0.2) is 18.2 Å². The molecule has 2 aliphatic heterocycles. The summed E-state index contributed by atoms with van der Waals surface area (Å²) in [4.78, 5) is 12.4.